The van der Waals surface area contributed by atoms with E-state index in [0.29, 0.717) is 0 Å². The van der Waals surface area contributed by atoms with Crippen molar-refractivity contribution in [3.8, 4) is 44.5 Å². The molecule has 4 heterocycles. The fourth-order valence-corrected chi connectivity index (χ4v) is 10.3. The smallest absolute Gasteiger partial charge is 0.248 e. The van der Waals surface area contributed by atoms with Gasteiger partial charge in [0.2, 0.25) is 13.4 Å². The number of para-hydroxylation sites is 1. The SMILES string of the molecule is C=Cc1ccc(-c2ccc3c(c2)-c2cc(C(C)(C)C)cc4c2B3c2cccc3c2N4c2cc(C(C)(C)C)cc4c2B3c2ccc(-c3ccc(C=C)cc3)cc2-4)cc1. The average molecular weight is 730 g/mol. The Hall–Kier alpha value is -6.05. The normalized spacial score (nSPS) is 13.8. The summed E-state index contributed by atoms with van der Waals surface area (Å²) in [5, 5.41) is 0. The third kappa shape index (κ3) is 4.85. The Kier molecular flexibility index (Phi) is 7.05. The zero-order valence-corrected chi connectivity index (χ0v) is 33.8. The molecule has 0 amide bonds. The molecule has 1 nitrogen and oxygen atoms in total. The van der Waals surface area contributed by atoms with Gasteiger partial charge in [-0.2, -0.15) is 0 Å². The van der Waals surface area contributed by atoms with Crippen molar-refractivity contribution in [2.45, 2.75) is 52.4 Å². The van der Waals surface area contributed by atoms with Crippen LogP contribution in [0.25, 0.3) is 56.7 Å². The van der Waals surface area contributed by atoms with Crippen molar-refractivity contribution >= 4 is 75.4 Å². The maximum absolute atomic E-state index is 3.98. The monoisotopic (exact) mass is 729 g/mol. The van der Waals surface area contributed by atoms with Crippen LogP contribution >= 0.6 is 0 Å². The first-order valence-corrected chi connectivity index (χ1v) is 20.5. The number of hydrogen-bond donors (Lipinski definition) is 0. The third-order valence-electron chi connectivity index (χ3n) is 13.3. The molecule has 0 aliphatic carbocycles. The van der Waals surface area contributed by atoms with Gasteiger partial charge in [0.1, 0.15) is 0 Å². The second-order valence-corrected chi connectivity index (χ2v) is 18.7. The number of anilines is 3. The van der Waals surface area contributed by atoms with E-state index in [2.05, 4.69) is 187 Å². The minimum atomic E-state index is -0.0360. The zero-order chi connectivity index (χ0) is 39.1. The van der Waals surface area contributed by atoms with Crippen molar-refractivity contribution in [2.24, 2.45) is 0 Å². The molecule has 0 saturated carbocycles. The van der Waals surface area contributed by atoms with Crippen molar-refractivity contribution < 1.29 is 0 Å². The molecule has 4 aliphatic heterocycles. The molecule has 0 spiro atoms. The second kappa shape index (κ2) is 11.7. The summed E-state index contributed by atoms with van der Waals surface area (Å²) in [6, 6.07) is 49.3. The first-order chi connectivity index (χ1) is 27.4. The van der Waals surface area contributed by atoms with Gasteiger partial charge in [0.05, 0.1) is 0 Å². The summed E-state index contributed by atoms with van der Waals surface area (Å²) >= 11 is 0. The lowest BCUT2D eigenvalue weighted by atomic mass is 9.32. The van der Waals surface area contributed by atoms with Crippen molar-refractivity contribution in [2.75, 3.05) is 4.90 Å². The first kappa shape index (κ1) is 34.2. The lowest BCUT2D eigenvalue weighted by molar-refractivity contribution is 0.590. The predicted molar refractivity (Wildman–Crippen MR) is 250 cm³/mol. The van der Waals surface area contributed by atoms with E-state index in [4.69, 9.17) is 0 Å². The molecule has 0 bridgehead atoms. The highest BCUT2D eigenvalue weighted by Gasteiger charge is 2.50. The zero-order valence-electron chi connectivity index (χ0n) is 33.8. The van der Waals surface area contributed by atoms with Crippen LogP contribution in [-0.2, 0) is 10.8 Å². The van der Waals surface area contributed by atoms with Crippen LogP contribution in [0.2, 0.25) is 0 Å². The van der Waals surface area contributed by atoms with Crippen molar-refractivity contribution in [1.29, 1.82) is 0 Å². The Labute approximate surface area is 338 Å². The van der Waals surface area contributed by atoms with Gasteiger partial charge in [0.25, 0.3) is 0 Å². The number of benzene rings is 7. The fraction of sp³-hybridized carbons (Fsp3) is 0.148. The minimum Gasteiger partial charge on any atom is -0.312 e. The van der Waals surface area contributed by atoms with Crippen LogP contribution < -0.4 is 37.7 Å². The molecule has 7 aromatic carbocycles. The molecule has 0 atom stereocenters. The Morgan fingerprint density at radius 2 is 0.842 bits per heavy atom. The summed E-state index contributed by atoms with van der Waals surface area (Å²) in [5.41, 5.74) is 27.9. The molecule has 3 heteroatoms. The van der Waals surface area contributed by atoms with E-state index < -0.39 is 0 Å². The van der Waals surface area contributed by atoms with Crippen molar-refractivity contribution in [3.05, 3.63) is 163 Å². The molecular weight excluding hydrogens is 684 g/mol. The maximum atomic E-state index is 3.98. The number of rotatable bonds is 4. The summed E-state index contributed by atoms with van der Waals surface area (Å²) < 4.78 is 0. The number of nitrogens with zero attached hydrogens (tertiary/aromatic N) is 1. The highest BCUT2D eigenvalue weighted by atomic mass is 15.2. The molecule has 0 N–H and O–H groups in total. The molecule has 0 aromatic heterocycles. The quantitative estimate of drug-likeness (QED) is 0.163. The van der Waals surface area contributed by atoms with E-state index in [9.17, 15) is 0 Å². The Balaban J connectivity index is 1.19. The van der Waals surface area contributed by atoms with E-state index in [-0.39, 0.29) is 24.3 Å². The van der Waals surface area contributed by atoms with E-state index in [0.717, 1.165) is 11.1 Å². The van der Waals surface area contributed by atoms with Crippen LogP contribution in [-0.4, -0.2) is 13.4 Å². The van der Waals surface area contributed by atoms with E-state index in [1.165, 1.54) is 105 Å². The van der Waals surface area contributed by atoms with Crippen LogP contribution in [0, 0.1) is 0 Å². The van der Waals surface area contributed by atoms with Gasteiger partial charge in [0, 0.05) is 17.1 Å². The van der Waals surface area contributed by atoms with E-state index in [1.807, 2.05) is 12.2 Å². The van der Waals surface area contributed by atoms with Gasteiger partial charge < -0.3 is 4.90 Å². The molecule has 7 aromatic rings. The molecule has 272 valence electrons. The molecule has 0 fully saturated rings. The molecule has 0 radical (unpaired) electrons. The summed E-state index contributed by atoms with van der Waals surface area (Å²) in [6.07, 6.45) is 3.83. The van der Waals surface area contributed by atoms with Gasteiger partial charge in [-0.15, -0.1) is 0 Å². The molecule has 57 heavy (non-hydrogen) atoms. The Bertz CT molecular complexity index is 2700. The number of fused-ring (bicyclic) bond motifs is 10. The highest BCUT2D eigenvalue weighted by molar-refractivity contribution is 7.05. The Morgan fingerprint density at radius 3 is 1.23 bits per heavy atom. The Morgan fingerprint density at radius 1 is 0.439 bits per heavy atom. The summed E-state index contributed by atoms with van der Waals surface area (Å²) in [7, 11) is 0. The highest BCUT2D eigenvalue weighted by Crippen LogP contribution is 2.47. The molecular formula is C54H45B2N. The lowest BCUT2D eigenvalue weighted by Gasteiger charge is -2.43. The molecule has 11 rings (SSSR count). The van der Waals surface area contributed by atoms with E-state index >= 15 is 0 Å². The van der Waals surface area contributed by atoms with Gasteiger partial charge in [-0.25, -0.2) is 0 Å². The largest absolute Gasteiger partial charge is 0.312 e. The molecule has 0 unspecified atom stereocenters. The lowest BCUT2D eigenvalue weighted by Crippen LogP contribution is -2.63. The average Bonchev–Trinajstić information content (AvgIpc) is 3.73. The van der Waals surface area contributed by atoms with Crippen molar-refractivity contribution in [1.82, 2.24) is 0 Å². The fourth-order valence-electron chi connectivity index (χ4n) is 10.3. The number of hydrogen-bond acceptors (Lipinski definition) is 1. The van der Waals surface area contributed by atoms with Gasteiger partial charge >= 0.3 is 0 Å². The van der Waals surface area contributed by atoms with Crippen LogP contribution in [0.3, 0.4) is 0 Å². The van der Waals surface area contributed by atoms with Crippen LogP contribution in [0.1, 0.15) is 63.8 Å². The summed E-state index contributed by atoms with van der Waals surface area (Å²) in [4.78, 5) is 2.70. The standard InChI is InChI=1S/C54H45B2N/c1-9-32-14-18-34(19-15-32)36-22-24-44-40(26-36)42-28-38(53(3,4)5)30-48-50(42)55(44)46-12-11-13-47-52(46)57(48)49-31-39(54(6,7)8)29-43-41-27-37(23-25-45(41)56(47)51(43)49)35-20-16-33(10-2)17-21-35/h9-31H,1-2H2,3-8H3. The van der Waals surface area contributed by atoms with Crippen LogP contribution in [0.4, 0.5) is 17.1 Å². The first-order valence-electron chi connectivity index (χ1n) is 20.5. The van der Waals surface area contributed by atoms with E-state index in [1.54, 1.807) is 0 Å². The maximum Gasteiger partial charge on any atom is 0.248 e. The molecule has 4 aliphatic rings. The van der Waals surface area contributed by atoms with Crippen LogP contribution in [0.5, 0.6) is 0 Å². The third-order valence-corrected chi connectivity index (χ3v) is 13.3. The topological polar surface area (TPSA) is 3.24 Å². The van der Waals surface area contributed by atoms with Gasteiger partial charge in [-0.1, -0.05) is 181 Å². The van der Waals surface area contributed by atoms with Crippen molar-refractivity contribution in [3.63, 3.8) is 0 Å². The second-order valence-electron chi connectivity index (χ2n) is 18.7. The van der Waals surface area contributed by atoms with Gasteiger partial charge in [-0.3, -0.25) is 0 Å². The van der Waals surface area contributed by atoms with Gasteiger partial charge in [-0.05, 0) is 124 Å². The van der Waals surface area contributed by atoms with Gasteiger partial charge in [0.15, 0.2) is 0 Å². The minimum absolute atomic E-state index is 0.0360. The van der Waals surface area contributed by atoms with Crippen LogP contribution in [0.15, 0.2) is 141 Å². The summed E-state index contributed by atoms with van der Waals surface area (Å²) in [6.45, 7) is 22.4. The summed E-state index contributed by atoms with van der Waals surface area (Å²) in [5.74, 6) is 0. The predicted octanol–water partition coefficient (Wildman–Crippen LogP) is 9.99. The molecule has 0 saturated heterocycles.